The number of hydrogen-bond donors (Lipinski definition) is 1. The minimum absolute atomic E-state index is 0.0252. The summed E-state index contributed by atoms with van der Waals surface area (Å²) in [4.78, 5) is 21.7. The van der Waals surface area contributed by atoms with Crippen LogP contribution in [0.2, 0.25) is 0 Å². The number of fused-ring (bicyclic) bond motifs is 1. The number of anilines is 1. The summed E-state index contributed by atoms with van der Waals surface area (Å²) in [5, 5.41) is 4.61. The van der Waals surface area contributed by atoms with E-state index >= 15 is 0 Å². The Morgan fingerprint density at radius 3 is 2.40 bits per heavy atom. The van der Waals surface area contributed by atoms with Crippen molar-refractivity contribution >= 4 is 34.3 Å². The Bertz CT molecular complexity index is 919. The Morgan fingerprint density at radius 1 is 1.00 bits per heavy atom. The predicted octanol–water partition coefficient (Wildman–Crippen LogP) is 4.67. The van der Waals surface area contributed by atoms with Crippen LogP contribution in [0.15, 0.2) is 47.5 Å². The molecule has 0 radical (unpaired) electrons. The van der Waals surface area contributed by atoms with Crippen molar-refractivity contribution in [1.29, 1.82) is 0 Å². The van der Waals surface area contributed by atoms with Crippen LogP contribution in [-0.2, 0) is 4.79 Å². The molecule has 1 heterocycles. The zero-order chi connectivity index (χ0) is 18.0. The van der Waals surface area contributed by atoms with Gasteiger partial charge in [-0.05, 0) is 44.9 Å². The van der Waals surface area contributed by atoms with E-state index in [1.807, 2.05) is 70.2 Å². The second kappa shape index (κ2) is 7.23. The van der Waals surface area contributed by atoms with E-state index in [0.717, 1.165) is 32.7 Å². The van der Waals surface area contributed by atoms with Crippen LogP contribution in [0.1, 0.15) is 23.9 Å². The van der Waals surface area contributed by atoms with E-state index in [9.17, 15) is 4.79 Å². The third-order valence-corrected chi connectivity index (χ3v) is 5.17. The van der Waals surface area contributed by atoms with Crippen LogP contribution in [0.4, 0.5) is 5.69 Å². The molecule has 1 atom stereocenters. The van der Waals surface area contributed by atoms with Gasteiger partial charge in [0.1, 0.15) is 10.9 Å². The van der Waals surface area contributed by atoms with Crippen LogP contribution in [0.25, 0.3) is 10.9 Å². The van der Waals surface area contributed by atoms with Gasteiger partial charge in [0.05, 0.1) is 10.8 Å². The van der Waals surface area contributed by atoms with Crippen molar-refractivity contribution in [1.82, 2.24) is 9.97 Å². The summed E-state index contributed by atoms with van der Waals surface area (Å²) in [5.74, 6) is 0.686. The molecular formula is C20H21N3OS. The summed E-state index contributed by atoms with van der Waals surface area (Å²) in [7, 11) is 0. The van der Waals surface area contributed by atoms with Crippen LogP contribution in [0.3, 0.4) is 0 Å². The van der Waals surface area contributed by atoms with Gasteiger partial charge in [0.2, 0.25) is 5.91 Å². The molecule has 25 heavy (non-hydrogen) atoms. The van der Waals surface area contributed by atoms with Crippen molar-refractivity contribution < 1.29 is 4.79 Å². The number of amides is 1. The summed E-state index contributed by atoms with van der Waals surface area (Å²) < 4.78 is 0. The number of thioether (sulfide) groups is 1. The fourth-order valence-corrected chi connectivity index (χ4v) is 3.69. The summed E-state index contributed by atoms with van der Waals surface area (Å²) >= 11 is 1.46. The maximum Gasteiger partial charge on any atom is 0.237 e. The number of aromatic nitrogens is 2. The van der Waals surface area contributed by atoms with E-state index in [1.54, 1.807) is 0 Å². The highest BCUT2D eigenvalue weighted by molar-refractivity contribution is 8.00. The van der Waals surface area contributed by atoms with Crippen molar-refractivity contribution in [2.45, 2.75) is 38.0 Å². The molecule has 0 fully saturated rings. The van der Waals surface area contributed by atoms with Crippen LogP contribution in [0, 0.1) is 20.8 Å². The number of hydrogen-bond acceptors (Lipinski definition) is 4. The first-order chi connectivity index (χ1) is 12.0. The third-order valence-electron chi connectivity index (χ3n) is 4.07. The largest absolute Gasteiger partial charge is 0.325 e. The van der Waals surface area contributed by atoms with Crippen molar-refractivity contribution in [3.63, 3.8) is 0 Å². The number of carbonyl (C=O) groups excluding carboxylic acids is 1. The lowest BCUT2D eigenvalue weighted by molar-refractivity contribution is -0.115. The van der Waals surface area contributed by atoms with E-state index in [1.165, 1.54) is 11.8 Å². The summed E-state index contributed by atoms with van der Waals surface area (Å²) in [5.41, 5.74) is 3.92. The molecule has 3 rings (SSSR count). The maximum atomic E-state index is 12.7. The first kappa shape index (κ1) is 17.4. The highest BCUT2D eigenvalue weighted by Crippen LogP contribution is 2.29. The molecule has 3 aromatic rings. The fourth-order valence-electron chi connectivity index (χ4n) is 2.71. The molecule has 0 spiro atoms. The van der Waals surface area contributed by atoms with E-state index < -0.39 is 0 Å². The number of nitrogens with one attached hydrogen (secondary N) is 1. The summed E-state index contributed by atoms with van der Waals surface area (Å²) in [6, 6.07) is 13.9. The average molecular weight is 351 g/mol. The highest BCUT2D eigenvalue weighted by atomic mass is 32.2. The van der Waals surface area contributed by atoms with Gasteiger partial charge in [-0.1, -0.05) is 48.2 Å². The van der Waals surface area contributed by atoms with Gasteiger partial charge in [-0.25, -0.2) is 9.97 Å². The topological polar surface area (TPSA) is 54.9 Å². The molecule has 0 saturated carbocycles. The molecule has 0 bridgehead atoms. The monoisotopic (exact) mass is 351 g/mol. The molecule has 0 aliphatic rings. The number of para-hydroxylation sites is 2. The Balaban J connectivity index is 1.83. The molecule has 0 saturated heterocycles. The molecule has 1 aromatic heterocycles. The van der Waals surface area contributed by atoms with Crippen molar-refractivity contribution in [3.8, 4) is 0 Å². The molecule has 0 aliphatic carbocycles. The quantitative estimate of drug-likeness (QED) is 0.548. The van der Waals surface area contributed by atoms with E-state index in [4.69, 9.17) is 0 Å². The lowest BCUT2D eigenvalue weighted by atomic mass is 10.1. The van der Waals surface area contributed by atoms with Gasteiger partial charge >= 0.3 is 0 Å². The molecule has 5 heteroatoms. The van der Waals surface area contributed by atoms with E-state index in [0.29, 0.717) is 5.82 Å². The molecule has 0 aliphatic heterocycles. The van der Waals surface area contributed by atoms with Crippen LogP contribution in [-0.4, -0.2) is 21.1 Å². The molecular weight excluding hydrogens is 330 g/mol. The fraction of sp³-hybridized carbons (Fsp3) is 0.250. The van der Waals surface area contributed by atoms with Crippen LogP contribution in [0.5, 0.6) is 0 Å². The minimum atomic E-state index is -0.267. The molecule has 1 N–H and O–H groups in total. The average Bonchev–Trinajstić information content (AvgIpc) is 2.58. The molecule has 128 valence electrons. The number of nitrogens with zero attached hydrogens (tertiary/aromatic N) is 2. The van der Waals surface area contributed by atoms with E-state index in [-0.39, 0.29) is 11.2 Å². The van der Waals surface area contributed by atoms with Gasteiger partial charge in [0.25, 0.3) is 0 Å². The Kier molecular flexibility index (Phi) is 5.04. The van der Waals surface area contributed by atoms with Crippen molar-refractivity contribution in [2.75, 3.05) is 5.32 Å². The van der Waals surface area contributed by atoms with Crippen LogP contribution < -0.4 is 5.32 Å². The minimum Gasteiger partial charge on any atom is -0.325 e. The second-order valence-corrected chi connectivity index (χ2v) is 7.44. The third kappa shape index (κ3) is 3.82. The zero-order valence-electron chi connectivity index (χ0n) is 14.8. The first-order valence-corrected chi connectivity index (χ1v) is 9.11. The van der Waals surface area contributed by atoms with Gasteiger partial charge < -0.3 is 5.32 Å². The molecule has 1 amide bonds. The molecule has 4 nitrogen and oxygen atoms in total. The van der Waals surface area contributed by atoms with Crippen molar-refractivity contribution in [3.05, 3.63) is 59.4 Å². The molecule has 1 unspecified atom stereocenters. The van der Waals surface area contributed by atoms with E-state index in [2.05, 4.69) is 15.3 Å². The molecule has 2 aromatic carbocycles. The summed E-state index contributed by atoms with van der Waals surface area (Å²) in [6.45, 7) is 7.78. The smallest absolute Gasteiger partial charge is 0.237 e. The summed E-state index contributed by atoms with van der Waals surface area (Å²) in [6.07, 6.45) is 0. The van der Waals surface area contributed by atoms with Gasteiger partial charge in [-0.15, -0.1) is 0 Å². The SMILES string of the molecule is Cc1nc(SC(C)C(=O)Nc2c(C)cccc2C)c2ccccc2n1. The zero-order valence-corrected chi connectivity index (χ0v) is 15.6. The van der Waals surface area contributed by atoms with Gasteiger partial charge in [-0.3, -0.25) is 4.79 Å². The predicted molar refractivity (Wildman–Crippen MR) is 104 cm³/mol. The number of benzene rings is 2. The second-order valence-electron chi connectivity index (χ2n) is 6.11. The standard InChI is InChI=1S/C20H21N3OS/c1-12-8-7-9-13(2)18(12)23-19(24)14(3)25-20-16-10-5-6-11-17(16)21-15(4)22-20/h5-11,14H,1-4H3,(H,23,24). The number of rotatable bonds is 4. The number of carbonyl (C=O) groups is 1. The first-order valence-electron chi connectivity index (χ1n) is 8.23. The Hall–Kier alpha value is -2.40. The lowest BCUT2D eigenvalue weighted by Gasteiger charge is -2.16. The lowest BCUT2D eigenvalue weighted by Crippen LogP contribution is -2.23. The van der Waals surface area contributed by atoms with Gasteiger partial charge in [0.15, 0.2) is 0 Å². The van der Waals surface area contributed by atoms with Crippen molar-refractivity contribution in [2.24, 2.45) is 0 Å². The van der Waals surface area contributed by atoms with Gasteiger partial charge in [-0.2, -0.15) is 0 Å². The van der Waals surface area contributed by atoms with Gasteiger partial charge in [0, 0.05) is 11.1 Å². The van der Waals surface area contributed by atoms with Crippen LogP contribution >= 0.6 is 11.8 Å². The normalized spacial score (nSPS) is 12.2. The Morgan fingerprint density at radius 2 is 1.68 bits per heavy atom. The Labute approximate surface area is 152 Å². The maximum absolute atomic E-state index is 12.7. The number of aryl methyl sites for hydroxylation is 3. The highest BCUT2D eigenvalue weighted by Gasteiger charge is 2.18.